The number of piperidine rings is 1. The van der Waals surface area contributed by atoms with E-state index in [0.717, 1.165) is 12.1 Å². The van der Waals surface area contributed by atoms with Crippen molar-refractivity contribution in [3.63, 3.8) is 0 Å². The average molecular weight is 262 g/mol. The van der Waals surface area contributed by atoms with E-state index in [0.29, 0.717) is 5.56 Å². The lowest BCUT2D eigenvalue weighted by Crippen LogP contribution is -3.13. The van der Waals surface area contributed by atoms with Crippen molar-refractivity contribution < 1.29 is 14.4 Å². The molecule has 1 aromatic rings. The topological polar surface area (TPSA) is 30.7 Å². The van der Waals surface area contributed by atoms with Crippen LogP contribution >= 0.6 is 0 Å². The first-order valence-electron chi connectivity index (χ1n) is 7.26. The van der Waals surface area contributed by atoms with Crippen molar-refractivity contribution in [1.82, 2.24) is 0 Å². The number of quaternary nitrogens is 1. The summed E-state index contributed by atoms with van der Waals surface area (Å²) < 4.78 is 5.53. The molecule has 0 saturated carbocycles. The molecule has 0 amide bonds. The number of benzene rings is 1. The van der Waals surface area contributed by atoms with Gasteiger partial charge in [0.15, 0.2) is 0 Å². The number of aryl methyl sites for hydroxylation is 1. The van der Waals surface area contributed by atoms with Crippen molar-refractivity contribution in [3.05, 3.63) is 35.4 Å². The van der Waals surface area contributed by atoms with Crippen molar-refractivity contribution >= 4 is 5.97 Å². The maximum absolute atomic E-state index is 12.0. The zero-order valence-electron chi connectivity index (χ0n) is 11.9. The Bertz CT molecular complexity index is 425. The summed E-state index contributed by atoms with van der Waals surface area (Å²) in [6.07, 6.45) is 3.93. The van der Waals surface area contributed by atoms with Gasteiger partial charge in [-0.25, -0.2) is 4.79 Å². The van der Waals surface area contributed by atoms with Crippen molar-refractivity contribution in [1.29, 1.82) is 0 Å². The van der Waals surface area contributed by atoms with Crippen molar-refractivity contribution in [2.75, 3.05) is 19.6 Å². The number of nitrogens with one attached hydrogen (secondary N) is 1. The molecule has 104 valence electrons. The van der Waals surface area contributed by atoms with Crippen LogP contribution in [0.2, 0.25) is 0 Å². The van der Waals surface area contributed by atoms with Crippen LogP contribution in [-0.2, 0) is 4.74 Å². The number of hydrogen-bond donors (Lipinski definition) is 1. The van der Waals surface area contributed by atoms with Gasteiger partial charge < -0.3 is 9.64 Å². The van der Waals surface area contributed by atoms with Crippen molar-refractivity contribution in [2.24, 2.45) is 0 Å². The van der Waals surface area contributed by atoms with E-state index in [9.17, 15) is 4.79 Å². The summed E-state index contributed by atoms with van der Waals surface area (Å²) in [5, 5.41) is 0. The highest BCUT2D eigenvalue weighted by atomic mass is 16.5. The molecule has 19 heavy (non-hydrogen) atoms. The molecule has 1 aliphatic rings. The van der Waals surface area contributed by atoms with Crippen LogP contribution in [0.5, 0.6) is 0 Å². The van der Waals surface area contributed by atoms with Crippen LogP contribution in [0.4, 0.5) is 0 Å². The van der Waals surface area contributed by atoms with Gasteiger partial charge in [0.25, 0.3) is 0 Å². The van der Waals surface area contributed by atoms with Gasteiger partial charge in [0, 0.05) is 0 Å². The number of ether oxygens (including phenoxy) is 1. The molecule has 1 fully saturated rings. The maximum atomic E-state index is 12.0. The fourth-order valence-electron chi connectivity index (χ4n) is 2.73. The number of rotatable bonds is 4. The van der Waals surface area contributed by atoms with E-state index in [1.165, 1.54) is 32.4 Å². The third-order valence-corrected chi connectivity index (χ3v) is 3.70. The van der Waals surface area contributed by atoms with E-state index in [4.69, 9.17) is 4.74 Å². The Morgan fingerprint density at radius 1 is 1.32 bits per heavy atom. The molecule has 0 aromatic heterocycles. The van der Waals surface area contributed by atoms with Gasteiger partial charge in [-0.3, -0.25) is 0 Å². The zero-order chi connectivity index (χ0) is 13.7. The first kappa shape index (κ1) is 14.1. The zero-order valence-corrected chi connectivity index (χ0v) is 11.9. The average Bonchev–Trinajstić information content (AvgIpc) is 2.39. The fraction of sp³-hybridized carbons (Fsp3) is 0.562. The molecule has 0 radical (unpaired) electrons. The molecule has 0 unspecified atom stereocenters. The number of likely N-dealkylation sites (tertiary alicyclic amines) is 1. The summed E-state index contributed by atoms with van der Waals surface area (Å²) in [4.78, 5) is 13.6. The lowest BCUT2D eigenvalue weighted by molar-refractivity contribution is -0.907. The third-order valence-electron chi connectivity index (χ3n) is 3.70. The van der Waals surface area contributed by atoms with Crippen molar-refractivity contribution in [2.45, 2.75) is 39.2 Å². The van der Waals surface area contributed by atoms with Gasteiger partial charge in [0.2, 0.25) is 0 Å². The van der Waals surface area contributed by atoms with E-state index in [1.807, 2.05) is 38.1 Å². The Morgan fingerprint density at radius 2 is 2.05 bits per heavy atom. The normalized spacial score (nSPS) is 18.0. The highest BCUT2D eigenvalue weighted by molar-refractivity contribution is 5.89. The lowest BCUT2D eigenvalue weighted by atomic mass is 10.1. The quantitative estimate of drug-likeness (QED) is 0.836. The maximum Gasteiger partial charge on any atom is 0.338 e. The Kier molecular flexibility index (Phi) is 4.97. The molecule has 1 heterocycles. The number of esters is 1. The standard InChI is InChI=1S/C16H23NO2/c1-13-7-6-8-15(11-13)16(18)19-14(2)12-17-9-4-3-5-10-17/h6-8,11,14H,3-5,9-10,12H2,1-2H3/p+1/t14-/m0/s1. The second kappa shape index (κ2) is 6.71. The fourth-order valence-corrected chi connectivity index (χ4v) is 2.73. The first-order chi connectivity index (χ1) is 9.15. The molecule has 3 heteroatoms. The highest BCUT2D eigenvalue weighted by Crippen LogP contribution is 2.07. The number of carbonyl (C=O) groups is 1. The van der Waals surface area contributed by atoms with Crippen LogP contribution in [0.25, 0.3) is 0 Å². The Hall–Kier alpha value is -1.35. The molecule has 1 atom stereocenters. The van der Waals surface area contributed by atoms with Crippen LogP contribution in [0.15, 0.2) is 24.3 Å². The minimum atomic E-state index is -0.201. The molecule has 0 aliphatic carbocycles. The largest absolute Gasteiger partial charge is 0.453 e. The SMILES string of the molecule is Cc1cccc(C(=O)O[C@@H](C)C[NH+]2CCCCC2)c1. The van der Waals surface area contributed by atoms with Gasteiger partial charge in [-0.2, -0.15) is 0 Å². The second-order valence-corrected chi connectivity index (χ2v) is 5.60. The highest BCUT2D eigenvalue weighted by Gasteiger charge is 2.19. The Morgan fingerprint density at radius 3 is 2.74 bits per heavy atom. The minimum absolute atomic E-state index is 0.0129. The molecule has 3 nitrogen and oxygen atoms in total. The summed E-state index contributed by atoms with van der Waals surface area (Å²) in [5.41, 5.74) is 1.74. The van der Waals surface area contributed by atoms with Gasteiger partial charge in [-0.1, -0.05) is 17.7 Å². The molecular formula is C16H24NO2+. The van der Waals surface area contributed by atoms with E-state index >= 15 is 0 Å². The van der Waals surface area contributed by atoms with E-state index in [-0.39, 0.29) is 12.1 Å². The van der Waals surface area contributed by atoms with E-state index in [1.54, 1.807) is 4.90 Å². The lowest BCUT2D eigenvalue weighted by Gasteiger charge is -2.26. The molecule has 1 aromatic carbocycles. The minimum Gasteiger partial charge on any atom is -0.453 e. The molecule has 1 N–H and O–H groups in total. The second-order valence-electron chi connectivity index (χ2n) is 5.60. The predicted molar refractivity (Wildman–Crippen MR) is 75.5 cm³/mol. The molecule has 1 saturated heterocycles. The van der Waals surface area contributed by atoms with E-state index in [2.05, 4.69) is 0 Å². The first-order valence-corrected chi connectivity index (χ1v) is 7.26. The number of carbonyl (C=O) groups excluding carboxylic acids is 1. The Balaban J connectivity index is 1.84. The van der Waals surface area contributed by atoms with Crippen LogP contribution in [0.1, 0.15) is 42.1 Å². The predicted octanol–water partition coefficient (Wildman–Crippen LogP) is 1.61. The molecule has 2 rings (SSSR count). The summed E-state index contributed by atoms with van der Waals surface area (Å²) in [7, 11) is 0. The molecule has 0 spiro atoms. The van der Waals surface area contributed by atoms with E-state index < -0.39 is 0 Å². The van der Waals surface area contributed by atoms with Crippen LogP contribution in [0, 0.1) is 6.92 Å². The van der Waals surface area contributed by atoms with Crippen LogP contribution < -0.4 is 4.90 Å². The summed E-state index contributed by atoms with van der Waals surface area (Å²) in [6.45, 7) is 7.34. The van der Waals surface area contributed by atoms with Crippen LogP contribution in [-0.4, -0.2) is 31.7 Å². The number of hydrogen-bond acceptors (Lipinski definition) is 2. The molecular weight excluding hydrogens is 238 g/mol. The van der Waals surface area contributed by atoms with Gasteiger partial charge >= 0.3 is 5.97 Å². The molecule has 0 bridgehead atoms. The van der Waals surface area contributed by atoms with Gasteiger partial charge in [-0.05, 0) is 45.2 Å². The summed E-state index contributed by atoms with van der Waals surface area (Å²) in [6, 6.07) is 7.57. The van der Waals surface area contributed by atoms with Gasteiger partial charge in [0.05, 0.1) is 18.7 Å². The van der Waals surface area contributed by atoms with Crippen LogP contribution in [0.3, 0.4) is 0 Å². The third kappa shape index (κ3) is 4.35. The van der Waals surface area contributed by atoms with Gasteiger partial charge in [0.1, 0.15) is 12.6 Å². The Labute approximate surface area is 115 Å². The summed E-state index contributed by atoms with van der Waals surface area (Å²) >= 11 is 0. The smallest absolute Gasteiger partial charge is 0.338 e. The monoisotopic (exact) mass is 262 g/mol. The molecule has 1 aliphatic heterocycles. The van der Waals surface area contributed by atoms with Crippen molar-refractivity contribution in [3.8, 4) is 0 Å². The van der Waals surface area contributed by atoms with Gasteiger partial charge in [-0.15, -0.1) is 0 Å². The summed E-state index contributed by atoms with van der Waals surface area (Å²) in [5.74, 6) is -0.201.